The Bertz CT molecular complexity index is 4190. The molecule has 6 unspecified atom stereocenters. The summed E-state index contributed by atoms with van der Waals surface area (Å²) >= 11 is 0. The zero-order chi connectivity index (χ0) is 70.8. The predicted octanol–water partition coefficient (Wildman–Crippen LogP) is 12.6. The van der Waals surface area contributed by atoms with Crippen molar-refractivity contribution in [3.05, 3.63) is 166 Å². The first-order chi connectivity index (χ1) is 49.3. The van der Waals surface area contributed by atoms with Gasteiger partial charge in [-0.1, -0.05) is 98.5 Å². The highest BCUT2D eigenvalue weighted by Gasteiger charge is 2.48. The maximum atomic E-state index is 16.1. The van der Waals surface area contributed by atoms with Gasteiger partial charge in [-0.05, 0) is 112 Å². The van der Waals surface area contributed by atoms with E-state index < -0.39 is 73.1 Å². The van der Waals surface area contributed by atoms with Gasteiger partial charge in [0, 0.05) is 82.4 Å². The van der Waals surface area contributed by atoms with Gasteiger partial charge in [0.05, 0.1) is 86.3 Å². The number of hydrogen-bond acceptors (Lipinski definition) is 20. The summed E-state index contributed by atoms with van der Waals surface area (Å²) in [7, 11) is 0. The molecule has 0 spiro atoms. The van der Waals surface area contributed by atoms with Crippen LogP contribution in [0.4, 0.5) is 0 Å². The molecule has 22 nitrogen and oxygen atoms in total. The van der Waals surface area contributed by atoms with Crippen LogP contribution in [0.5, 0.6) is 46.0 Å². The number of epoxide rings is 4. The van der Waals surface area contributed by atoms with Crippen LogP contribution < -0.4 is 18.9 Å². The predicted molar refractivity (Wildman–Crippen MR) is 377 cm³/mol. The Morgan fingerprint density at radius 3 is 0.863 bits per heavy atom. The van der Waals surface area contributed by atoms with Crippen molar-refractivity contribution < 1.29 is 85.6 Å². The minimum absolute atomic E-state index is 0.00827. The van der Waals surface area contributed by atoms with E-state index in [1.165, 1.54) is 0 Å². The number of ether oxygens (including phenoxy) is 12. The quantitative estimate of drug-likeness (QED) is 0.00724. The molecule has 4 amide bonds. The van der Waals surface area contributed by atoms with Gasteiger partial charge >= 0.3 is 11.9 Å². The van der Waals surface area contributed by atoms with Crippen LogP contribution in [0.25, 0.3) is 43.1 Å². The van der Waals surface area contributed by atoms with E-state index >= 15 is 19.2 Å². The molecule has 0 bridgehead atoms. The first-order valence-corrected chi connectivity index (χ1v) is 34.8. The maximum Gasteiger partial charge on any atom is 0.331 e. The number of carbonyl (C=O) groups excluding carboxylic acids is 6. The van der Waals surface area contributed by atoms with Gasteiger partial charge in [-0.25, -0.2) is 9.59 Å². The van der Waals surface area contributed by atoms with Gasteiger partial charge in [-0.15, -0.1) is 0 Å². The summed E-state index contributed by atoms with van der Waals surface area (Å²) < 4.78 is 74.1. The summed E-state index contributed by atoms with van der Waals surface area (Å²) in [6, 6.07) is 32.6. The SMILES string of the molecule is Cc1ccc(Oc2cc3c4c(cc(Oc5ccc(C)cc5)c5c6c(Oc7ccc(C)cc7)cc7c8c(cc(Oc9ccc(C)cc9)c(c2c45)c86)C(=O)N(C(C(=O)OCOCCN(CC2CO2)CC2CO2)C(C)C)C7=O)C(=O)N(C(C(=O)OCOCCN(CC2CO2)CC2CO2)C(C)C)C3=O)cc1. The third-order valence-corrected chi connectivity index (χ3v) is 19.4. The lowest BCUT2D eigenvalue weighted by Gasteiger charge is -2.36. The molecule has 6 heterocycles. The molecule has 0 aliphatic carbocycles. The third kappa shape index (κ3) is 14.1. The maximum absolute atomic E-state index is 16.1. The fourth-order valence-corrected chi connectivity index (χ4v) is 13.9. The second-order valence-electron chi connectivity index (χ2n) is 28.0. The average Bonchev–Trinajstić information content (AvgIpc) is 0.980. The zero-order valence-corrected chi connectivity index (χ0v) is 58.2. The highest BCUT2D eigenvalue weighted by atomic mass is 16.7. The molecule has 4 saturated heterocycles. The lowest BCUT2D eigenvalue weighted by atomic mass is 9.80. The number of fused-ring (bicyclic) bond motifs is 2. The summed E-state index contributed by atoms with van der Waals surface area (Å²) in [5, 5.41) is 2.06. The molecule has 0 N–H and O–H groups in total. The summed E-state index contributed by atoms with van der Waals surface area (Å²) in [4.78, 5) is 100. The van der Waals surface area contributed by atoms with E-state index in [1.54, 1.807) is 100 Å². The standard InChI is InChI=1S/C80H80N4O18/c1-43(2)73(79(89)97-41-91-27-25-81(33-53-37-93-53)34-54-38-94-54)83-75(85)57-29-61(99-49-17-9-45(5)10-18-49)67-69-63(101-51-21-13-47(7)14-22-51)31-59-66-60(78(88)84(77(59)87)74(44(3)4)80(90)98-42-92-28-26-82(35-55-39-95-55)36-56-40-96-56)32-64(102-52-23-15-48(8)16-24-52)70(72(66)69)68-62(100-50-19-11-46(6)12-20-50)30-58(76(83)86)65(57)71(67)68/h9-24,29-32,43-44,53-56,73-74H,25-28,33-42H2,1-8H3. The summed E-state index contributed by atoms with van der Waals surface area (Å²) in [6.07, 6.45) is 0.589. The Labute approximate surface area is 589 Å². The molecule has 0 saturated carbocycles. The first-order valence-electron chi connectivity index (χ1n) is 34.8. The molecule has 528 valence electrons. The largest absolute Gasteiger partial charge is 0.457 e. The fourth-order valence-electron chi connectivity index (χ4n) is 13.9. The molecular weight excluding hydrogens is 1300 g/mol. The Morgan fingerprint density at radius 2 is 0.637 bits per heavy atom. The molecule has 4 fully saturated rings. The number of carbonyl (C=O) groups is 6. The van der Waals surface area contributed by atoms with Crippen LogP contribution >= 0.6 is 0 Å². The van der Waals surface area contributed by atoms with Crippen molar-refractivity contribution in [2.75, 3.05) is 92.5 Å². The molecule has 9 aromatic rings. The van der Waals surface area contributed by atoms with Crippen LogP contribution in [0.3, 0.4) is 0 Å². The topological polar surface area (TPSA) is 239 Å². The minimum Gasteiger partial charge on any atom is -0.457 e. The van der Waals surface area contributed by atoms with Crippen LogP contribution in [0.1, 0.15) is 91.4 Å². The van der Waals surface area contributed by atoms with Crippen LogP contribution in [0.2, 0.25) is 0 Å². The second kappa shape index (κ2) is 28.3. The van der Waals surface area contributed by atoms with Crippen LogP contribution in [-0.4, -0.2) is 184 Å². The molecule has 15 rings (SSSR count). The Balaban J connectivity index is 0.922. The van der Waals surface area contributed by atoms with Crippen LogP contribution in [0.15, 0.2) is 121 Å². The Morgan fingerprint density at radius 1 is 0.392 bits per heavy atom. The van der Waals surface area contributed by atoms with E-state index in [2.05, 4.69) is 9.80 Å². The molecule has 6 atom stereocenters. The number of esters is 2. The van der Waals surface area contributed by atoms with Crippen molar-refractivity contribution in [2.24, 2.45) is 11.8 Å². The summed E-state index contributed by atoms with van der Waals surface area (Å²) in [6.45, 7) is 20.9. The van der Waals surface area contributed by atoms with Gasteiger partial charge in [0.25, 0.3) is 23.6 Å². The summed E-state index contributed by atoms with van der Waals surface area (Å²) in [5.74, 6) is -4.64. The fraction of sp³-hybridized carbons (Fsp3) is 0.375. The van der Waals surface area contributed by atoms with E-state index in [-0.39, 0.29) is 126 Å². The molecule has 9 aromatic carbocycles. The molecule has 22 heteroatoms. The van der Waals surface area contributed by atoms with Crippen molar-refractivity contribution >= 4 is 78.7 Å². The van der Waals surface area contributed by atoms with Crippen LogP contribution in [-0.2, 0) is 47.5 Å². The molecular formula is C80H80N4O18. The smallest absolute Gasteiger partial charge is 0.331 e. The molecule has 0 aromatic heterocycles. The lowest BCUT2D eigenvalue weighted by molar-refractivity contribution is -0.163. The van der Waals surface area contributed by atoms with E-state index in [0.717, 1.165) is 32.1 Å². The molecule has 6 aliphatic rings. The van der Waals surface area contributed by atoms with Crippen LogP contribution in [0, 0.1) is 39.5 Å². The van der Waals surface area contributed by atoms with Crippen molar-refractivity contribution in [3.8, 4) is 46.0 Å². The van der Waals surface area contributed by atoms with Crippen molar-refractivity contribution in [2.45, 2.75) is 91.9 Å². The molecule has 102 heavy (non-hydrogen) atoms. The van der Waals surface area contributed by atoms with Crippen molar-refractivity contribution in [1.29, 1.82) is 0 Å². The highest BCUT2D eigenvalue weighted by Crippen LogP contribution is 2.58. The van der Waals surface area contributed by atoms with E-state index in [4.69, 9.17) is 56.8 Å². The highest BCUT2D eigenvalue weighted by molar-refractivity contribution is 6.45. The number of imide groups is 2. The van der Waals surface area contributed by atoms with E-state index in [9.17, 15) is 9.59 Å². The minimum atomic E-state index is -1.47. The number of nitrogens with zero attached hydrogens (tertiary/aromatic N) is 4. The number of benzene rings is 9. The van der Waals surface area contributed by atoms with E-state index in [0.29, 0.717) is 88.7 Å². The van der Waals surface area contributed by atoms with Gasteiger partial charge in [-0.2, -0.15) is 0 Å². The lowest BCUT2D eigenvalue weighted by Crippen LogP contribution is -2.53. The van der Waals surface area contributed by atoms with Gasteiger partial charge in [0.1, 0.15) is 58.1 Å². The van der Waals surface area contributed by atoms with Crippen molar-refractivity contribution in [1.82, 2.24) is 19.6 Å². The second-order valence-corrected chi connectivity index (χ2v) is 28.0. The first kappa shape index (κ1) is 68.2. The van der Waals surface area contributed by atoms with Gasteiger partial charge in [0.15, 0.2) is 13.6 Å². The number of hydrogen-bond donors (Lipinski definition) is 0. The molecule has 6 aliphatic heterocycles. The Kier molecular flexibility index (Phi) is 18.9. The molecule has 0 radical (unpaired) electrons. The van der Waals surface area contributed by atoms with Gasteiger partial charge < -0.3 is 56.8 Å². The monoisotopic (exact) mass is 1380 g/mol. The average molecular weight is 1390 g/mol. The zero-order valence-electron chi connectivity index (χ0n) is 58.2. The normalized spacial score (nSPS) is 18.7. The Hall–Kier alpha value is -9.62. The van der Waals surface area contributed by atoms with Crippen molar-refractivity contribution in [3.63, 3.8) is 0 Å². The number of rotatable bonds is 32. The third-order valence-electron chi connectivity index (χ3n) is 19.4. The number of amides is 4. The van der Waals surface area contributed by atoms with Gasteiger partial charge in [-0.3, -0.25) is 38.8 Å². The summed E-state index contributed by atoms with van der Waals surface area (Å²) in [5.41, 5.74) is 3.70. The number of aryl methyl sites for hydroxylation is 4. The van der Waals surface area contributed by atoms with Gasteiger partial charge in [0.2, 0.25) is 0 Å². The van der Waals surface area contributed by atoms with E-state index in [1.807, 2.05) is 76.2 Å².